The third-order valence-electron chi connectivity index (χ3n) is 5.69. The number of carbonyl (C=O) groups is 1. The van der Waals surface area contributed by atoms with Crippen LogP contribution in [0.4, 0.5) is 10.5 Å². The molecule has 0 aromatic heterocycles. The number of hydrogen-bond acceptors (Lipinski definition) is 3. The number of nitrogens with one attached hydrogen (secondary N) is 1. The second kappa shape index (κ2) is 7.24. The Bertz CT molecular complexity index is 607. The summed E-state index contributed by atoms with van der Waals surface area (Å²) in [6, 6.07) is 9.35. The fourth-order valence-corrected chi connectivity index (χ4v) is 3.88. The summed E-state index contributed by atoms with van der Waals surface area (Å²) in [5.74, 6) is 0.715. The Morgan fingerprint density at radius 3 is 2.64 bits per heavy atom. The minimum absolute atomic E-state index is 0.110. The first-order valence-corrected chi connectivity index (χ1v) is 9.71. The Morgan fingerprint density at radius 2 is 1.96 bits per heavy atom. The van der Waals surface area contributed by atoms with Gasteiger partial charge in [-0.2, -0.15) is 0 Å². The van der Waals surface area contributed by atoms with Crippen LogP contribution in [0, 0.1) is 5.92 Å². The standard InChI is InChI=1S/C20H29N3O2/c1-15(16-6-7-16)23(18-8-9-18)20(24)21-14-17-4-2-3-5-19(17)22-10-12-25-13-11-22/h2-5,15-16,18H,6-14H2,1H3,(H,21,24). The highest BCUT2D eigenvalue weighted by Gasteiger charge is 2.41. The summed E-state index contributed by atoms with van der Waals surface area (Å²) in [5.41, 5.74) is 2.41. The van der Waals surface area contributed by atoms with E-state index < -0.39 is 0 Å². The Morgan fingerprint density at radius 1 is 1.24 bits per heavy atom. The van der Waals surface area contributed by atoms with Gasteiger partial charge in [0.05, 0.1) is 13.2 Å². The lowest BCUT2D eigenvalue weighted by Gasteiger charge is -2.32. The maximum atomic E-state index is 12.8. The predicted molar refractivity (Wildman–Crippen MR) is 98.8 cm³/mol. The van der Waals surface area contributed by atoms with Gasteiger partial charge in [-0.1, -0.05) is 18.2 Å². The SMILES string of the molecule is CC(C1CC1)N(C(=O)NCc1ccccc1N1CCOCC1)C1CC1. The van der Waals surface area contributed by atoms with Gasteiger partial charge in [-0.3, -0.25) is 0 Å². The maximum Gasteiger partial charge on any atom is 0.318 e. The zero-order chi connectivity index (χ0) is 17.2. The molecule has 1 aromatic rings. The minimum atomic E-state index is 0.110. The highest BCUT2D eigenvalue weighted by Crippen LogP contribution is 2.39. The first-order valence-electron chi connectivity index (χ1n) is 9.71. The van der Waals surface area contributed by atoms with Gasteiger partial charge in [-0.15, -0.1) is 0 Å². The summed E-state index contributed by atoms with van der Waals surface area (Å²) in [4.78, 5) is 17.3. The smallest absolute Gasteiger partial charge is 0.318 e. The first-order chi connectivity index (χ1) is 12.2. The number of rotatable bonds is 6. The lowest BCUT2D eigenvalue weighted by molar-refractivity contribution is 0.122. The number of hydrogen-bond donors (Lipinski definition) is 1. The van der Waals surface area contributed by atoms with Crippen molar-refractivity contribution in [2.24, 2.45) is 5.92 Å². The number of morpholine rings is 1. The molecule has 3 fully saturated rings. The molecule has 3 aliphatic rings. The van der Waals surface area contributed by atoms with Crippen molar-refractivity contribution < 1.29 is 9.53 Å². The number of anilines is 1. The lowest BCUT2D eigenvalue weighted by atomic mass is 10.1. The average Bonchev–Trinajstić information content (AvgIpc) is 3.54. The zero-order valence-electron chi connectivity index (χ0n) is 15.1. The molecule has 0 radical (unpaired) electrons. The van der Waals surface area contributed by atoms with Gasteiger partial charge in [0.25, 0.3) is 0 Å². The molecule has 136 valence electrons. The van der Waals surface area contributed by atoms with Crippen LogP contribution in [-0.4, -0.2) is 49.3 Å². The summed E-state index contributed by atoms with van der Waals surface area (Å²) < 4.78 is 5.46. The average molecular weight is 343 g/mol. The van der Waals surface area contributed by atoms with Crippen molar-refractivity contribution >= 4 is 11.7 Å². The molecule has 2 amide bonds. The van der Waals surface area contributed by atoms with Crippen LogP contribution in [0.15, 0.2) is 24.3 Å². The van der Waals surface area contributed by atoms with Crippen LogP contribution >= 0.6 is 0 Å². The van der Waals surface area contributed by atoms with E-state index >= 15 is 0 Å². The monoisotopic (exact) mass is 343 g/mol. The lowest BCUT2D eigenvalue weighted by Crippen LogP contribution is -2.47. The fraction of sp³-hybridized carbons (Fsp3) is 0.650. The van der Waals surface area contributed by atoms with E-state index in [2.05, 4.69) is 46.3 Å². The number of benzene rings is 1. The molecule has 2 saturated carbocycles. The van der Waals surface area contributed by atoms with Gasteiger partial charge >= 0.3 is 6.03 Å². The van der Waals surface area contributed by atoms with E-state index in [1.807, 2.05) is 0 Å². The Kier molecular flexibility index (Phi) is 4.84. The van der Waals surface area contributed by atoms with Crippen molar-refractivity contribution in [1.82, 2.24) is 10.2 Å². The van der Waals surface area contributed by atoms with E-state index in [9.17, 15) is 4.79 Å². The van der Waals surface area contributed by atoms with E-state index in [-0.39, 0.29) is 6.03 Å². The molecule has 5 nitrogen and oxygen atoms in total. The molecule has 1 N–H and O–H groups in total. The second-order valence-electron chi connectivity index (χ2n) is 7.60. The zero-order valence-corrected chi connectivity index (χ0v) is 15.1. The third kappa shape index (κ3) is 3.92. The number of carbonyl (C=O) groups excluding carboxylic acids is 1. The van der Waals surface area contributed by atoms with Crippen molar-refractivity contribution in [3.05, 3.63) is 29.8 Å². The van der Waals surface area contributed by atoms with Crippen LogP contribution in [0.25, 0.3) is 0 Å². The highest BCUT2D eigenvalue weighted by atomic mass is 16.5. The highest BCUT2D eigenvalue weighted by molar-refractivity contribution is 5.75. The second-order valence-corrected chi connectivity index (χ2v) is 7.60. The molecule has 1 saturated heterocycles. The number of ether oxygens (including phenoxy) is 1. The molecule has 5 heteroatoms. The molecule has 4 rings (SSSR count). The van der Waals surface area contributed by atoms with Crippen molar-refractivity contribution in [2.75, 3.05) is 31.2 Å². The van der Waals surface area contributed by atoms with E-state index in [0.29, 0.717) is 24.5 Å². The minimum Gasteiger partial charge on any atom is -0.378 e. The maximum absolute atomic E-state index is 12.8. The van der Waals surface area contributed by atoms with Crippen LogP contribution in [0.1, 0.15) is 38.2 Å². The molecule has 25 heavy (non-hydrogen) atoms. The van der Waals surface area contributed by atoms with E-state index in [0.717, 1.165) is 39.1 Å². The van der Waals surface area contributed by atoms with Crippen LogP contribution in [0.5, 0.6) is 0 Å². The van der Waals surface area contributed by atoms with Crippen molar-refractivity contribution in [1.29, 1.82) is 0 Å². The Balaban J connectivity index is 1.41. The summed E-state index contributed by atoms with van der Waals surface area (Å²) >= 11 is 0. The Labute approximate surface area is 150 Å². The summed E-state index contributed by atoms with van der Waals surface area (Å²) in [6.07, 6.45) is 4.87. The molecular formula is C20H29N3O2. The van der Waals surface area contributed by atoms with Crippen LogP contribution < -0.4 is 10.2 Å². The van der Waals surface area contributed by atoms with E-state index in [1.165, 1.54) is 24.1 Å². The summed E-state index contributed by atoms with van der Waals surface area (Å²) in [7, 11) is 0. The number of nitrogens with zero attached hydrogens (tertiary/aromatic N) is 2. The molecule has 1 aliphatic heterocycles. The van der Waals surface area contributed by atoms with Gasteiger partial charge in [-0.05, 0) is 50.2 Å². The van der Waals surface area contributed by atoms with E-state index in [4.69, 9.17) is 4.74 Å². The first kappa shape index (κ1) is 16.7. The fourth-order valence-electron chi connectivity index (χ4n) is 3.88. The molecular weight excluding hydrogens is 314 g/mol. The molecule has 1 atom stereocenters. The van der Waals surface area contributed by atoms with Crippen LogP contribution in [0.3, 0.4) is 0 Å². The molecule has 0 spiro atoms. The molecule has 0 bridgehead atoms. The molecule has 1 unspecified atom stereocenters. The van der Waals surface area contributed by atoms with Gasteiger partial charge in [0.2, 0.25) is 0 Å². The summed E-state index contributed by atoms with van der Waals surface area (Å²) in [5, 5.41) is 3.19. The number of para-hydroxylation sites is 1. The molecule has 1 aromatic carbocycles. The Hall–Kier alpha value is -1.75. The summed E-state index contributed by atoms with van der Waals surface area (Å²) in [6.45, 7) is 6.18. The van der Waals surface area contributed by atoms with Crippen molar-refractivity contribution in [2.45, 2.75) is 51.2 Å². The third-order valence-corrected chi connectivity index (χ3v) is 5.69. The number of amides is 2. The topological polar surface area (TPSA) is 44.8 Å². The van der Waals surface area contributed by atoms with Crippen LogP contribution in [0.2, 0.25) is 0 Å². The van der Waals surface area contributed by atoms with Gasteiger partial charge < -0.3 is 19.9 Å². The van der Waals surface area contributed by atoms with Gasteiger partial charge in [-0.25, -0.2) is 4.79 Å². The van der Waals surface area contributed by atoms with Crippen LogP contribution in [-0.2, 0) is 11.3 Å². The van der Waals surface area contributed by atoms with Crippen molar-refractivity contribution in [3.63, 3.8) is 0 Å². The normalized spacial score (nSPS) is 21.7. The van der Waals surface area contributed by atoms with Crippen molar-refractivity contribution in [3.8, 4) is 0 Å². The van der Waals surface area contributed by atoms with Gasteiger partial charge in [0.1, 0.15) is 0 Å². The quantitative estimate of drug-likeness (QED) is 0.864. The van der Waals surface area contributed by atoms with E-state index in [1.54, 1.807) is 0 Å². The molecule has 1 heterocycles. The number of urea groups is 1. The molecule has 2 aliphatic carbocycles. The largest absolute Gasteiger partial charge is 0.378 e. The van der Waals surface area contributed by atoms with Gasteiger partial charge in [0.15, 0.2) is 0 Å². The van der Waals surface area contributed by atoms with Gasteiger partial charge in [0, 0.05) is 37.4 Å². The predicted octanol–water partition coefficient (Wildman–Crippen LogP) is 3.00.